The lowest BCUT2D eigenvalue weighted by molar-refractivity contribution is 0.330. The van der Waals surface area contributed by atoms with Gasteiger partial charge in [-0.3, -0.25) is 0 Å². The third kappa shape index (κ3) is 4.33. The van der Waals surface area contributed by atoms with E-state index in [2.05, 4.69) is 19.1 Å². The fourth-order valence-corrected chi connectivity index (χ4v) is 0.861. The zero-order chi connectivity index (χ0) is 7.98. The van der Waals surface area contributed by atoms with Gasteiger partial charge in [0.2, 0.25) is 0 Å². The Hall–Kier alpha value is -0.560. The van der Waals surface area contributed by atoms with E-state index >= 15 is 0 Å². The van der Waals surface area contributed by atoms with E-state index in [1.165, 1.54) is 0 Å². The molecule has 0 aliphatic rings. The highest BCUT2D eigenvalue weighted by Gasteiger charge is 1.90. The van der Waals surface area contributed by atoms with Crippen LogP contribution in [0.5, 0.6) is 0 Å². The van der Waals surface area contributed by atoms with E-state index in [1.807, 2.05) is 19.9 Å². The van der Waals surface area contributed by atoms with Gasteiger partial charge in [-0.25, -0.2) is 0 Å². The van der Waals surface area contributed by atoms with Crippen LogP contribution in [0.15, 0.2) is 23.8 Å². The Labute approximate surface area is 63.1 Å². The molecule has 0 aromatic heterocycles. The monoisotopic (exact) mass is 140 g/mol. The molecule has 0 saturated heterocycles. The standard InChI is InChI=1S/C9H16O/c1-4-5-8(2)6-9(3)7-10/h4-6,8,10H,7H2,1-3H3/b5-4+,9-6-/t8-/m0/s1. The summed E-state index contributed by atoms with van der Waals surface area (Å²) in [5.74, 6) is 0.442. The maximum atomic E-state index is 8.66. The van der Waals surface area contributed by atoms with Gasteiger partial charge < -0.3 is 5.11 Å². The summed E-state index contributed by atoms with van der Waals surface area (Å²) in [7, 11) is 0. The molecule has 0 unspecified atom stereocenters. The lowest BCUT2D eigenvalue weighted by Crippen LogP contribution is -1.89. The number of hydrogen-bond acceptors (Lipinski definition) is 1. The summed E-state index contributed by atoms with van der Waals surface area (Å²) in [4.78, 5) is 0. The highest BCUT2D eigenvalue weighted by Crippen LogP contribution is 2.03. The molecule has 0 bridgehead atoms. The quantitative estimate of drug-likeness (QED) is 0.595. The molecule has 0 aromatic rings. The fourth-order valence-electron chi connectivity index (χ4n) is 0.861. The van der Waals surface area contributed by atoms with Crippen molar-refractivity contribution < 1.29 is 5.11 Å². The van der Waals surface area contributed by atoms with Gasteiger partial charge in [-0.15, -0.1) is 0 Å². The average molecular weight is 140 g/mol. The molecule has 0 aliphatic heterocycles. The second-order valence-electron chi connectivity index (χ2n) is 2.56. The second-order valence-corrected chi connectivity index (χ2v) is 2.56. The van der Waals surface area contributed by atoms with Gasteiger partial charge in [0.1, 0.15) is 0 Å². The second kappa shape index (κ2) is 5.24. The fraction of sp³-hybridized carbons (Fsp3) is 0.556. The Bertz CT molecular complexity index is 134. The van der Waals surface area contributed by atoms with Crippen LogP contribution in [-0.4, -0.2) is 11.7 Å². The number of rotatable bonds is 3. The number of hydrogen-bond donors (Lipinski definition) is 1. The van der Waals surface area contributed by atoms with Crippen molar-refractivity contribution in [3.8, 4) is 0 Å². The Balaban J connectivity index is 3.86. The first-order chi connectivity index (χ1) is 4.70. The third-order valence-electron chi connectivity index (χ3n) is 1.29. The third-order valence-corrected chi connectivity index (χ3v) is 1.29. The first-order valence-corrected chi connectivity index (χ1v) is 3.61. The van der Waals surface area contributed by atoms with Gasteiger partial charge in [0, 0.05) is 0 Å². The van der Waals surface area contributed by atoms with Crippen LogP contribution in [0.1, 0.15) is 20.8 Å². The van der Waals surface area contributed by atoms with Gasteiger partial charge in [-0.2, -0.15) is 0 Å². The van der Waals surface area contributed by atoms with Crippen LogP contribution in [0, 0.1) is 5.92 Å². The molecule has 0 fully saturated rings. The van der Waals surface area contributed by atoms with Gasteiger partial charge in [-0.1, -0.05) is 30.7 Å². The minimum Gasteiger partial charge on any atom is -0.392 e. The molecule has 1 atom stereocenters. The van der Waals surface area contributed by atoms with E-state index in [1.54, 1.807) is 0 Å². The summed E-state index contributed by atoms with van der Waals surface area (Å²) in [6, 6.07) is 0. The van der Waals surface area contributed by atoms with Crippen LogP contribution >= 0.6 is 0 Å². The minimum absolute atomic E-state index is 0.169. The first-order valence-electron chi connectivity index (χ1n) is 3.61. The topological polar surface area (TPSA) is 20.2 Å². The molecule has 1 heteroatoms. The summed E-state index contributed by atoms with van der Waals surface area (Å²) in [5.41, 5.74) is 1.03. The molecule has 1 nitrogen and oxygen atoms in total. The van der Waals surface area contributed by atoms with Crippen molar-refractivity contribution in [3.63, 3.8) is 0 Å². The molecule has 0 aromatic carbocycles. The Morgan fingerprint density at radius 3 is 2.60 bits per heavy atom. The maximum Gasteiger partial charge on any atom is 0.0639 e. The van der Waals surface area contributed by atoms with E-state index in [0.29, 0.717) is 5.92 Å². The smallest absolute Gasteiger partial charge is 0.0639 e. The zero-order valence-electron chi connectivity index (χ0n) is 6.96. The lowest BCUT2D eigenvalue weighted by atomic mass is 10.1. The van der Waals surface area contributed by atoms with Crippen LogP contribution in [-0.2, 0) is 0 Å². The SMILES string of the molecule is C/C=C/[C@H](C)/C=C(/C)CO. The minimum atomic E-state index is 0.169. The molecular weight excluding hydrogens is 124 g/mol. The number of aliphatic hydroxyl groups excluding tert-OH is 1. The summed E-state index contributed by atoms with van der Waals surface area (Å²) >= 11 is 0. The molecule has 0 amide bonds. The number of allylic oxidation sites excluding steroid dienone is 3. The number of aliphatic hydroxyl groups is 1. The van der Waals surface area contributed by atoms with E-state index < -0.39 is 0 Å². The summed E-state index contributed by atoms with van der Waals surface area (Å²) in [6.07, 6.45) is 6.17. The highest BCUT2D eigenvalue weighted by atomic mass is 16.3. The molecule has 0 saturated carbocycles. The molecule has 0 radical (unpaired) electrons. The van der Waals surface area contributed by atoms with Gasteiger partial charge >= 0.3 is 0 Å². The maximum absolute atomic E-state index is 8.66. The molecule has 1 N–H and O–H groups in total. The van der Waals surface area contributed by atoms with Crippen molar-refractivity contribution in [1.29, 1.82) is 0 Å². The van der Waals surface area contributed by atoms with Crippen molar-refractivity contribution in [2.75, 3.05) is 6.61 Å². The average Bonchev–Trinajstić information content (AvgIpc) is 1.88. The zero-order valence-corrected chi connectivity index (χ0v) is 6.96. The highest BCUT2D eigenvalue weighted by molar-refractivity contribution is 5.05. The van der Waals surface area contributed by atoms with Gasteiger partial charge in [0.15, 0.2) is 0 Å². The van der Waals surface area contributed by atoms with Gasteiger partial charge in [0.05, 0.1) is 6.61 Å². The Kier molecular flexibility index (Phi) is 4.95. The van der Waals surface area contributed by atoms with E-state index in [9.17, 15) is 0 Å². The largest absolute Gasteiger partial charge is 0.392 e. The van der Waals surface area contributed by atoms with Crippen molar-refractivity contribution >= 4 is 0 Å². The van der Waals surface area contributed by atoms with E-state index in [-0.39, 0.29) is 6.61 Å². The van der Waals surface area contributed by atoms with Crippen molar-refractivity contribution in [3.05, 3.63) is 23.8 Å². The van der Waals surface area contributed by atoms with Gasteiger partial charge in [-0.05, 0) is 19.8 Å². The molecule has 0 heterocycles. The Morgan fingerprint density at radius 1 is 1.60 bits per heavy atom. The predicted molar refractivity (Wildman–Crippen MR) is 44.8 cm³/mol. The van der Waals surface area contributed by atoms with Crippen molar-refractivity contribution in [2.24, 2.45) is 5.92 Å². The Morgan fingerprint density at radius 2 is 2.20 bits per heavy atom. The molecule has 0 spiro atoms. The molecule has 0 rings (SSSR count). The van der Waals surface area contributed by atoms with Crippen LogP contribution in [0.25, 0.3) is 0 Å². The summed E-state index contributed by atoms with van der Waals surface area (Å²) in [5, 5.41) is 8.66. The molecule has 58 valence electrons. The molecule has 10 heavy (non-hydrogen) atoms. The normalized spacial score (nSPS) is 16.2. The van der Waals surface area contributed by atoms with Crippen LogP contribution < -0.4 is 0 Å². The first kappa shape index (κ1) is 9.44. The summed E-state index contributed by atoms with van der Waals surface area (Å²) in [6.45, 7) is 6.19. The summed E-state index contributed by atoms with van der Waals surface area (Å²) < 4.78 is 0. The van der Waals surface area contributed by atoms with E-state index in [4.69, 9.17) is 5.11 Å². The van der Waals surface area contributed by atoms with Crippen molar-refractivity contribution in [1.82, 2.24) is 0 Å². The van der Waals surface area contributed by atoms with Crippen LogP contribution in [0.3, 0.4) is 0 Å². The van der Waals surface area contributed by atoms with Crippen molar-refractivity contribution in [2.45, 2.75) is 20.8 Å². The lowest BCUT2D eigenvalue weighted by Gasteiger charge is -1.99. The molecular formula is C9H16O. The van der Waals surface area contributed by atoms with Crippen LogP contribution in [0.4, 0.5) is 0 Å². The van der Waals surface area contributed by atoms with E-state index in [0.717, 1.165) is 5.57 Å². The predicted octanol–water partition coefficient (Wildman–Crippen LogP) is 2.14. The van der Waals surface area contributed by atoms with Crippen LogP contribution in [0.2, 0.25) is 0 Å². The molecule has 0 aliphatic carbocycles. The van der Waals surface area contributed by atoms with Gasteiger partial charge in [0.25, 0.3) is 0 Å².